The van der Waals surface area contributed by atoms with E-state index in [-0.39, 0.29) is 35.4 Å². The van der Waals surface area contributed by atoms with Gasteiger partial charge in [-0.1, -0.05) is 139 Å². The number of nitrogens with zero attached hydrogens (tertiary/aromatic N) is 1. The van der Waals surface area contributed by atoms with Gasteiger partial charge in [-0.25, -0.2) is 0 Å². The number of ketones is 2. The zero-order valence-electron chi connectivity index (χ0n) is 31.6. The van der Waals surface area contributed by atoms with Crippen molar-refractivity contribution in [2.24, 2.45) is 0 Å². The number of ether oxygens (including phenoxy) is 1. The Morgan fingerprint density at radius 2 is 1.42 bits per heavy atom. The molecular formula is C44H59N2O5S+. The highest BCUT2D eigenvalue weighted by Gasteiger charge is 2.38. The number of aromatic nitrogens is 1. The highest BCUT2D eigenvalue weighted by molar-refractivity contribution is 7.16. The Morgan fingerprint density at radius 1 is 0.827 bits per heavy atom. The van der Waals surface area contributed by atoms with E-state index in [1.54, 1.807) is 18.2 Å². The average molecular weight is 728 g/mol. The predicted octanol–water partition coefficient (Wildman–Crippen LogP) is 10.4. The Kier molecular flexibility index (Phi) is 17.3. The molecule has 0 unspecified atom stereocenters. The first-order valence-electron chi connectivity index (χ1n) is 19.7. The molecule has 0 amide bonds. The van der Waals surface area contributed by atoms with Crippen molar-refractivity contribution in [3.8, 4) is 10.6 Å². The van der Waals surface area contributed by atoms with E-state index in [1.807, 2.05) is 49.1 Å². The molecule has 0 saturated heterocycles. The number of rotatable bonds is 24. The third-order valence-electron chi connectivity index (χ3n) is 9.83. The van der Waals surface area contributed by atoms with Gasteiger partial charge in [0.25, 0.3) is 5.01 Å². The number of Topliss-reactive ketones (excluding diaryl/α,β-unsaturated/α-hetero) is 1. The van der Waals surface area contributed by atoms with Gasteiger partial charge in [-0.2, -0.15) is 4.98 Å². The van der Waals surface area contributed by atoms with Crippen molar-refractivity contribution in [3.05, 3.63) is 93.9 Å². The third-order valence-corrected chi connectivity index (χ3v) is 11.1. The van der Waals surface area contributed by atoms with E-state index in [0.29, 0.717) is 34.9 Å². The van der Waals surface area contributed by atoms with Crippen molar-refractivity contribution in [3.63, 3.8) is 0 Å². The lowest BCUT2D eigenvalue weighted by atomic mass is 9.86. The van der Waals surface area contributed by atoms with Gasteiger partial charge in [0.15, 0.2) is 11.5 Å². The first kappa shape index (κ1) is 40.7. The van der Waals surface area contributed by atoms with Crippen LogP contribution in [0.15, 0.2) is 83.3 Å². The fourth-order valence-corrected chi connectivity index (χ4v) is 7.79. The number of H-pyrrole nitrogens is 1. The number of esters is 1. The quantitative estimate of drug-likeness (QED) is 0.0657. The topological polar surface area (TPSA) is 98.0 Å². The third kappa shape index (κ3) is 12.3. The summed E-state index contributed by atoms with van der Waals surface area (Å²) in [5.74, 6) is -0.864. The summed E-state index contributed by atoms with van der Waals surface area (Å²) in [4.78, 5) is 44.5. The first-order valence-corrected chi connectivity index (χ1v) is 20.5. The SMILES string of the molecule is CCCCCCCCCCCCCCCCCCOC(=O)CN(CC)C1=CC(=O)/C(=C\C=C2/C(=O)C(c3sc(-c4ccccc4)[nH+]c3C)=C2O)C=C1. The number of carbonyl (C=O) groups is 3. The van der Waals surface area contributed by atoms with Crippen LogP contribution in [0.1, 0.15) is 127 Å². The first-order chi connectivity index (χ1) is 25.3. The normalized spacial score (nSPS) is 15.8. The number of nitrogens with one attached hydrogen (secondary N) is 1. The fraction of sp³-hybridized carbons (Fsp3) is 0.500. The molecular weight excluding hydrogens is 669 g/mol. The number of aryl methyl sites for hydroxylation is 1. The number of benzene rings is 1. The molecule has 8 heteroatoms. The van der Waals surface area contributed by atoms with Gasteiger partial charge in [-0.3, -0.25) is 14.4 Å². The van der Waals surface area contributed by atoms with Gasteiger partial charge in [0.2, 0.25) is 5.78 Å². The molecule has 52 heavy (non-hydrogen) atoms. The van der Waals surface area contributed by atoms with Crippen molar-refractivity contribution in [1.82, 2.24) is 4.90 Å². The molecule has 0 atom stereocenters. The molecule has 2 aromatic rings. The lowest BCUT2D eigenvalue weighted by Crippen LogP contribution is -2.31. The monoisotopic (exact) mass is 727 g/mol. The van der Waals surface area contributed by atoms with Gasteiger partial charge in [0.1, 0.15) is 17.2 Å². The predicted molar refractivity (Wildman–Crippen MR) is 212 cm³/mol. The van der Waals surface area contributed by atoms with Gasteiger partial charge >= 0.3 is 5.97 Å². The number of aliphatic hydroxyl groups excluding tert-OH is 1. The highest BCUT2D eigenvalue weighted by atomic mass is 32.1. The number of hydrogen-bond acceptors (Lipinski definition) is 7. The zero-order chi connectivity index (χ0) is 37.1. The zero-order valence-corrected chi connectivity index (χ0v) is 32.5. The van der Waals surface area contributed by atoms with E-state index in [2.05, 4.69) is 11.9 Å². The lowest BCUT2D eigenvalue weighted by molar-refractivity contribution is -0.367. The Labute approximate surface area is 315 Å². The van der Waals surface area contributed by atoms with Gasteiger partial charge in [0.05, 0.1) is 23.3 Å². The van der Waals surface area contributed by atoms with E-state index >= 15 is 0 Å². The maximum absolute atomic E-state index is 13.1. The number of aromatic amines is 1. The molecule has 0 spiro atoms. The number of thiazole rings is 1. The second-order valence-corrected chi connectivity index (χ2v) is 15.0. The highest BCUT2D eigenvalue weighted by Crippen LogP contribution is 2.40. The van der Waals surface area contributed by atoms with Crippen molar-refractivity contribution in [1.29, 1.82) is 0 Å². The standard InChI is InChI=1S/C44H58N2O5S/c1-4-6-7-8-9-10-11-12-13-14-15-16-17-18-19-23-30-51-39(48)32-46(5-2)36-28-26-34(38(47)31-36)27-29-37-41(49)40(42(37)50)43-33(3)45-44(52-43)35-24-21-20-22-25-35/h20-22,24-29,31,49H,4-19,23,30,32H2,1-3H3/p+1/b34-27-,37-29-. The molecule has 1 heterocycles. The van der Waals surface area contributed by atoms with Crippen LogP contribution < -0.4 is 4.98 Å². The lowest BCUT2D eigenvalue weighted by Gasteiger charge is -2.24. The number of unbranched alkanes of at least 4 members (excludes halogenated alkanes) is 15. The van der Waals surface area contributed by atoms with E-state index in [1.165, 1.54) is 113 Å². The Hall–Kier alpha value is -4.04. The van der Waals surface area contributed by atoms with Gasteiger partial charge in [-0.05, 0) is 43.7 Å². The molecule has 280 valence electrons. The van der Waals surface area contributed by atoms with Crippen LogP contribution in [0.2, 0.25) is 0 Å². The second-order valence-electron chi connectivity index (χ2n) is 13.9. The van der Waals surface area contributed by atoms with E-state index in [0.717, 1.165) is 29.1 Å². The molecule has 2 N–H and O–H groups in total. The summed E-state index contributed by atoms with van der Waals surface area (Å²) in [5.41, 5.74) is 3.31. The molecule has 1 aromatic carbocycles. The minimum atomic E-state index is -0.299. The van der Waals surface area contributed by atoms with Crippen LogP contribution in [0.3, 0.4) is 0 Å². The van der Waals surface area contributed by atoms with E-state index < -0.39 is 0 Å². The summed E-state index contributed by atoms with van der Waals surface area (Å²) in [6.07, 6.45) is 28.8. The molecule has 2 aliphatic carbocycles. The maximum Gasteiger partial charge on any atom is 0.325 e. The van der Waals surface area contributed by atoms with Crippen molar-refractivity contribution >= 4 is 34.4 Å². The number of allylic oxidation sites excluding steroid dienone is 8. The largest absolute Gasteiger partial charge is 0.506 e. The van der Waals surface area contributed by atoms with E-state index in [9.17, 15) is 19.5 Å². The van der Waals surface area contributed by atoms with Crippen molar-refractivity contribution < 1.29 is 29.2 Å². The Morgan fingerprint density at radius 3 is 1.98 bits per heavy atom. The smallest absolute Gasteiger partial charge is 0.325 e. The van der Waals surface area contributed by atoms with Gasteiger partial charge in [-0.15, -0.1) is 0 Å². The van der Waals surface area contributed by atoms with Crippen LogP contribution in [-0.2, 0) is 19.1 Å². The summed E-state index contributed by atoms with van der Waals surface area (Å²) >= 11 is 1.43. The van der Waals surface area contributed by atoms with Crippen LogP contribution in [0.4, 0.5) is 0 Å². The number of likely N-dealkylation sites (N-methyl/N-ethyl adjacent to an activating group) is 1. The van der Waals surface area contributed by atoms with E-state index in [4.69, 9.17) is 4.74 Å². The number of hydrogen-bond donors (Lipinski definition) is 1. The molecule has 4 rings (SSSR count). The van der Waals surface area contributed by atoms with Crippen LogP contribution in [0.5, 0.6) is 0 Å². The summed E-state index contributed by atoms with van der Waals surface area (Å²) < 4.78 is 5.51. The molecule has 7 nitrogen and oxygen atoms in total. The molecule has 0 radical (unpaired) electrons. The Balaban J connectivity index is 1.12. The Bertz CT molecular complexity index is 1650. The van der Waals surface area contributed by atoms with Crippen LogP contribution in [0, 0.1) is 6.92 Å². The van der Waals surface area contributed by atoms with Crippen molar-refractivity contribution in [2.45, 2.75) is 124 Å². The molecule has 0 saturated carbocycles. The number of carbonyl (C=O) groups excluding carboxylic acids is 3. The molecule has 0 fully saturated rings. The summed E-state index contributed by atoms with van der Waals surface area (Å²) in [6.45, 7) is 7.12. The molecule has 2 aliphatic rings. The van der Waals surface area contributed by atoms with Crippen LogP contribution >= 0.6 is 11.3 Å². The molecule has 1 aromatic heterocycles. The average Bonchev–Trinajstić information content (AvgIpc) is 3.53. The molecule has 0 aliphatic heterocycles. The van der Waals surface area contributed by atoms with Crippen LogP contribution in [0.25, 0.3) is 16.1 Å². The second kappa shape index (κ2) is 22.1. The van der Waals surface area contributed by atoms with Gasteiger partial charge < -0.3 is 14.7 Å². The van der Waals surface area contributed by atoms with Crippen LogP contribution in [-0.4, -0.2) is 47.2 Å². The molecule has 0 bridgehead atoms. The maximum atomic E-state index is 13.1. The summed E-state index contributed by atoms with van der Waals surface area (Å²) in [7, 11) is 0. The summed E-state index contributed by atoms with van der Waals surface area (Å²) in [6, 6.07) is 9.83. The minimum absolute atomic E-state index is 0.0708. The number of aliphatic hydroxyl groups is 1. The minimum Gasteiger partial charge on any atom is -0.506 e. The fourth-order valence-electron chi connectivity index (χ4n) is 6.63. The summed E-state index contributed by atoms with van der Waals surface area (Å²) in [5, 5.41) is 11.7. The van der Waals surface area contributed by atoms with Gasteiger partial charge in [0, 0.05) is 30.8 Å². The van der Waals surface area contributed by atoms with Crippen molar-refractivity contribution in [2.75, 3.05) is 19.7 Å².